The normalized spacial score (nSPS) is 13.8. The van der Waals surface area contributed by atoms with Gasteiger partial charge in [-0.15, -0.1) is 0 Å². The molecule has 0 unspecified atom stereocenters. The van der Waals surface area contributed by atoms with E-state index in [2.05, 4.69) is 5.32 Å². The molecule has 0 fully saturated rings. The lowest BCUT2D eigenvalue weighted by molar-refractivity contribution is 0.0530. The lowest BCUT2D eigenvalue weighted by Crippen LogP contribution is -2.38. The second-order valence-corrected chi connectivity index (χ2v) is 5.50. The smallest absolute Gasteiger partial charge is 0.251 e. The third-order valence-electron chi connectivity index (χ3n) is 2.98. The number of rotatable bonds is 4. The molecule has 1 aromatic heterocycles. The molecule has 3 nitrogen and oxygen atoms in total. The number of benzene rings is 1. The molecule has 1 aromatic carbocycles. The number of hydrogen-bond acceptors (Lipinski definition) is 3. The molecule has 0 aliphatic carbocycles. The Balaban J connectivity index is 2.09. The van der Waals surface area contributed by atoms with E-state index in [0.717, 1.165) is 0 Å². The minimum absolute atomic E-state index is 0.150. The average Bonchev–Trinajstić information content (AvgIpc) is 2.96. The van der Waals surface area contributed by atoms with Crippen LogP contribution in [0, 0.1) is 17.5 Å². The Bertz CT molecular complexity index is 633. The molecule has 2 N–H and O–H groups in total. The molecule has 0 saturated carbocycles. The monoisotopic (exact) mass is 315 g/mol. The average molecular weight is 315 g/mol. The van der Waals surface area contributed by atoms with E-state index in [1.165, 1.54) is 18.3 Å². The van der Waals surface area contributed by atoms with Crippen molar-refractivity contribution in [1.82, 2.24) is 5.32 Å². The molecule has 7 heteroatoms. The predicted octanol–water partition coefficient (Wildman–Crippen LogP) is 2.80. The van der Waals surface area contributed by atoms with E-state index in [4.69, 9.17) is 0 Å². The zero-order valence-electron chi connectivity index (χ0n) is 11.0. The van der Waals surface area contributed by atoms with E-state index in [1.807, 2.05) is 0 Å². The fraction of sp³-hybridized carbons (Fsp3) is 0.214. The molecule has 0 saturated heterocycles. The number of amides is 1. The van der Waals surface area contributed by atoms with Gasteiger partial charge in [-0.25, -0.2) is 13.2 Å². The highest BCUT2D eigenvalue weighted by Gasteiger charge is 2.25. The fourth-order valence-corrected chi connectivity index (χ4v) is 2.50. The summed E-state index contributed by atoms with van der Waals surface area (Å²) in [6.07, 6.45) is 0. The Morgan fingerprint density at radius 3 is 2.48 bits per heavy atom. The zero-order chi connectivity index (χ0) is 15.6. The summed E-state index contributed by atoms with van der Waals surface area (Å²) in [5, 5.41) is 16.1. The maximum atomic E-state index is 13.1. The summed E-state index contributed by atoms with van der Waals surface area (Å²) in [5.74, 6) is -5.31. The number of nitrogens with one attached hydrogen (secondary N) is 1. The molecule has 1 amide bonds. The van der Waals surface area contributed by atoms with Crippen LogP contribution in [0.25, 0.3) is 0 Å². The highest BCUT2D eigenvalue weighted by molar-refractivity contribution is 7.08. The predicted molar refractivity (Wildman–Crippen MR) is 72.5 cm³/mol. The summed E-state index contributed by atoms with van der Waals surface area (Å²) < 4.78 is 38.9. The summed E-state index contributed by atoms with van der Waals surface area (Å²) in [6, 6.07) is 2.91. The number of hydrogen-bond donors (Lipinski definition) is 2. The number of carbonyl (C=O) groups is 1. The van der Waals surface area contributed by atoms with Gasteiger partial charge in [0, 0.05) is 5.56 Å². The molecular weight excluding hydrogens is 303 g/mol. The molecule has 0 radical (unpaired) electrons. The Hall–Kier alpha value is -1.86. The molecule has 0 aliphatic rings. The van der Waals surface area contributed by atoms with Crippen LogP contribution in [0.4, 0.5) is 13.2 Å². The lowest BCUT2D eigenvalue weighted by atomic mass is 9.99. The fourth-order valence-electron chi connectivity index (χ4n) is 1.71. The van der Waals surface area contributed by atoms with Gasteiger partial charge in [0.15, 0.2) is 17.5 Å². The van der Waals surface area contributed by atoms with Crippen molar-refractivity contribution >= 4 is 17.2 Å². The first kappa shape index (κ1) is 15.5. The Kier molecular flexibility index (Phi) is 4.34. The summed E-state index contributed by atoms with van der Waals surface area (Å²) in [6.45, 7) is 1.35. The van der Waals surface area contributed by atoms with Crippen LogP contribution in [0.15, 0.2) is 29.0 Å². The van der Waals surface area contributed by atoms with E-state index in [-0.39, 0.29) is 12.1 Å². The molecular formula is C14H12F3NO2S. The molecule has 1 atom stereocenters. The number of aliphatic hydroxyl groups is 1. The number of carbonyl (C=O) groups excluding carboxylic acids is 1. The van der Waals surface area contributed by atoms with Gasteiger partial charge >= 0.3 is 0 Å². The molecule has 21 heavy (non-hydrogen) atoms. The first-order valence-corrected chi connectivity index (χ1v) is 6.93. The third-order valence-corrected chi connectivity index (χ3v) is 3.67. The van der Waals surface area contributed by atoms with Crippen molar-refractivity contribution in [2.75, 3.05) is 6.54 Å². The van der Waals surface area contributed by atoms with Crippen molar-refractivity contribution in [3.63, 3.8) is 0 Å². The molecule has 0 bridgehead atoms. The van der Waals surface area contributed by atoms with E-state index in [1.54, 1.807) is 16.8 Å². The summed E-state index contributed by atoms with van der Waals surface area (Å²) >= 11 is 1.39. The van der Waals surface area contributed by atoms with Crippen LogP contribution < -0.4 is 5.32 Å². The number of halogens is 3. The minimum Gasteiger partial charge on any atom is -0.384 e. The van der Waals surface area contributed by atoms with Crippen molar-refractivity contribution in [1.29, 1.82) is 0 Å². The highest BCUT2D eigenvalue weighted by atomic mass is 32.1. The van der Waals surface area contributed by atoms with Crippen molar-refractivity contribution in [2.45, 2.75) is 12.5 Å². The minimum atomic E-state index is -1.63. The zero-order valence-corrected chi connectivity index (χ0v) is 11.8. The lowest BCUT2D eigenvalue weighted by Gasteiger charge is -2.22. The van der Waals surface area contributed by atoms with Gasteiger partial charge in [0.05, 0.1) is 6.54 Å². The highest BCUT2D eigenvalue weighted by Crippen LogP contribution is 2.22. The van der Waals surface area contributed by atoms with E-state index in [9.17, 15) is 23.1 Å². The van der Waals surface area contributed by atoms with Crippen LogP contribution in [0.2, 0.25) is 0 Å². The molecule has 0 aliphatic heterocycles. The molecule has 112 valence electrons. The largest absolute Gasteiger partial charge is 0.384 e. The van der Waals surface area contributed by atoms with E-state index < -0.39 is 29.0 Å². The van der Waals surface area contributed by atoms with Gasteiger partial charge in [0.25, 0.3) is 5.91 Å². The summed E-state index contributed by atoms with van der Waals surface area (Å²) in [4.78, 5) is 11.8. The summed E-state index contributed by atoms with van der Waals surface area (Å²) in [5.41, 5.74) is -1.05. The van der Waals surface area contributed by atoms with Gasteiger partial charge in [-0.3, -0.25) is 4.79 Å². The van der Waals surface area contributed by atoms with Gasteiger partial charge in [0.1, 0.15) is 5.60 Å². The molecule has 0 spiro atoms. The maximum Gasteiger partial charge on any atom is 0.251 e. The van der Waals surface area contributed by atoms with Crippen LogP contribution in [-0.4, -0.2) is 17.6 Å². The molecule has 1 heterocycles. The van der Waals surface area contributed by atoms with Crippen molar-refractivity contribution in [2.24, 2.45) is 0 Å². The number of thiophene rings is 1. The third kappa shape index (κ3) is 3.43. The van der Waals surface area contributed by atoms with Crippen LogP contribution in [0.5, 0.6) is 0 Å². The Morgan fingerprint density at radius 2 is 1.95 bits per heavy atom. The Labute approximate surface area is 123 Å². The topological polar surface area (TPSA) is 49.3 Å². The second-order valence-electron chi connectivity index (χ2n) is 4.72. The van der Waals surface area contributed by atoms with Crippen LogP contribution in [0.1, 0.15) is 22.8 Å². The SMILES string of the molecule is C[C@](O)(CNC(=O)c1cc(F)c(F)c(F)c1)c1ccsc1. The van der Waals surface area contributed by atoms with Crippen molar-refractivity contribution in [3.8, 4) is 0 Å². The first-order chi connectivity index (χ1) is 9.81. The molecule has 2 rings (SSSR count). The van der Waals surface area contributed by atoms with Gasteiger partial charge in [0.2, 0.25) is 0 Å². The quantitative estimate of drug-likeness (QED) is 0.853. The van der Waals surface area contributed by atoms with Gasteiger partial charge in [-0.2, -0.15) is 11.3 Å². The van der Waals surface area contributed by atoms with Gasteiger partial charge in [-0.1, -0.05) is 0 Å². The Morgan fingerprint density at radius 1 is 1.33 bits per heavy atom. The molecule has 2 aromatic rings. The van der Waals surface area contributed by atoms with Gasteiger partial charge in [-0.05, 0) is 41.4 Å². The van der Waals surface area contributed by atoms with Crippen LogP contribution in [-0.2, 0) is 5.60 Å². The maximum absolute atomic E-state index is 13.1. The van der Waals surface area contributed by atoms with Crippen LogP contribution >= 0.6 is 11.3 Å². The first-order valence-electron chi connectivity index (χ1n) is 5.99. The van der Waals surface area contributed by atoms with Gasteiger partial charge < -0.3 is 10.4 Å². The van der Waals surface area contributed by atoms with Crippen molar-refractivity contribution in [3.05, 3.63) is 57.5 Å². The standard InChI is InChI=1S/C14H12F3NO2S/c1-14(20,9-2-3-21-6-9)7-18-13(19)8-4-10(15)12(17)11(16)5-8/h2-6,20H,7H2,1H3,(H,18,19)/t14-/m0/s1. The van der Waals surface area contributed by atoms with E-state index in [0.29, 0.717) is 17.7 Å². The van der Waals surface area contributed by atoms with Crippen LogP contribution in [0.3, 0.4) is 0 Å². The second kappa shape index (κ2) is 5.87. The summed E-state index contributed by atoms with van der Waals surface area (Å²) in [7, 11) is 0. The van der Waals surface area contributed by atoms with E-state index >= 15 is 0 Å². The van der Waals surface area contributed by atoms with Crippen molar-refractivity contribution < 1.29 is 23.1 Å².